The normalized spacial score (nSPS) is 17.8. The fourth-order valence-electron chi connectivity index (χ4n) is 3.95. The van der Waals surface area contributed by atoms with Crippen molar-refractivity contribution in [3.63, 3.8) is 0 Å². The maximum Gasteiger partial charge on any atom is 0.295 e. The number of rotatable bonds is 7. The van der Waals surface area contributed by atoms with Crippen molar-refractivity contribution < 1.29 is 24.2 Å². The monoisotopic (exact) mass is 457 g/mol. The molecule has 1 aliphatic rings. The predicted molar refractivity (Wildman–Crippen MR) is 124 cm³/mol. The Labute approximate surface area is 193 Å². The molecule has 2 aromatic rings. The maximum atomic E-state index is 13.1. The summed E-state index contributed by atoms with van der Waals surface area (Å²) in [6.07, 6.45) is 0.672. The third-order valence-corrected chi connectivity index (χ3v) is 5.95. The summed E-state index contributed by atoms with van der Waals surface area (Å²) < 4.78 is 10.6. The summed E-state index contributed by atoms with van der Waals surface area (Å²) in [5.41, 5.74) is 2.13. The molecular weight excluding hydrogens is 430 g/mol. The fraction of sp³-hybridized carbons (Fsp3) is 0.360. The number of aliphatic hydroxyl groups excluding tert-OH is 1. The summed E-state index contributed by atoms with van der Waals surface area (Å²) in [5.74, 6) is -0.711. The van der Waals surface area contributed by atoms with Crippen molar-refractivity contribution in [2.75, 3.05) is 20.8 Å². The van der Waals surface area contributed by atoms with Gasteiger partial charge in [0.2, 0.25) is 0 Å². The van der Waals surface area contributed by atoms with E-state index in [9.17, 15) is 14.7 Å². The van der Waals surface area contributed by atoms with Crippen LogP contribution in [0.3, 0.4) is 0 Å². The third-order valence-electron chi connectivity index (χ3n) is 5.65. The van der Waals surface area contributed by atoms with Crippen LogP contribution in [0.15, 0.2) is 42.0 Å². The standard InChI is InChI=1S/C25H28ClNO5/c1-6-11-27-22(16-9-7-15(8-10-16)14(2)3)21(24(29)25(27)30)23(28)17-12-18(26)20(32-5)13-19(17)31-4/h7-10,12-14,22,28H,6,11H2,1-5H3/b23-21+. The van der Waals surface area contributed by atoms with Crippen LogP contribution in [0.2, 0.25) is 5.02 Å². The molecule has 1 fully saturated rings. The molecule has 0 radical (unpaired) electrons. The molecule has 1 saturated heterocycles. The first-order chi connectivity index (χ1) is 15.2. The number of Topliss-reactive ketones (excluding diaryl/α,β-unsaturated/α-hetero) is 1. The Morgan fingerprint density at radius 1 is 1.09 bits per heavy atom. The smallest absolute Gasteiger partial charge is 0.295 e. The number of hydrogen-bond acceptors (Lipinski definition) is 5. The van der Waals surface area contributed by atoms with Gasteiger partial charge in [-0.1, -0.05) is 56.6 Å². The number of carbonyl (C=O) groups excluding carboxylic acids is 2. The fourth-order valence-corrected chi connectivity index (χ4v) is 4.19. The second-order valence-electron chi connectivity index (χ2n) is 8.00. The van der Waals surface area contributed by atoms with Crippen LogP contribution in [0.1, 0.15) is 55.8 Å². The number of ketones is 1. The molecule has 1 unspecified atom stereocenters. The van der Waals surface area contributed by atoms with E-state index in [0.717, 1.165) is 11.1 Å². The van der Waals surface area contributed by atoms with E-state index in [4.69, 9.17) is 21.1 Å². The van der Waals surface area contributed by atoms with Crippen LogP contribution >= 0.6 is 11.6 Å². The highest BCUT2D eigenvalue weighted by molar-refractivity contribution is 6.46. The average Bonchev–Trinajstić information content (AvgIpc) is 3.03. The largest absolute Gasteiger partial charge is 0.507 e. The van der Waals surface area contributed by atoms with E-state index in [2.05, 4.69) is 13.8 Å². The number of benzene rings is 2. The predicted octanol–water partition coefficient (Wildman–Crippen LogP) is 5.31. The summed E-state index contributed by atoms with van der Waals surface area (Å²) in [5, 5.41) is 11.5. The van der Waals surface area contributed by atoms with Gasteiger partial charge in [-0.15, -0.1) is 0 Å². The van der Waals surface area contributed by atoms with Gasteiger partial charge in [-0.3, -0.25) is 9.59 Å². The van der Waals surface area contributed by atoms with E-state index in [1.54, 1.807) is 0 Å². The quantitative estimate of drug-likeness (QED) is 0.346. The number of nitrogens with zero attached hydrogens (tertiary/aromatic N) is 1. The summed E-state index contributed by atoms with van der Waals surface area (Å²) in [6.45, 7) is 6.51. The van der Waals surface area contributed by atoms with Crippen LogP contribution in [-0.2, 0) is 9.59 Å². The lowest BCUT2D eigenvalue weighted by Gasteiger charge is -2.25. The SMILES string of the molecule is CCCN1C(=O)C(=O)/C(=C(/O)c2cc(Cl)c(OC)cc2OC)C1c1ccc(C(C)C)cc1. The molecule has 1 heterocycles. The molecule has 0 spiro atoms. The van der Waals surface area contributed by atoms with Gasteiger partial charge in [-0.05, 0) is 29.5 Å². The van der Waals surface area contributed by atoms with Crippen molar-refractivity contribution in [2.24, 2.45) is 0 Å². The Morgan fingerprint density at radius 2 is 1.72 bits per heavy atom. The molecule has 3 rings (SSSR count). The van der Waals surface area contributed by atoms with E-state index in [1.165, 1.54) is 31.3 Å². The highest BCUT2D eigenvalue weighted by Gasteiger charge is 2.46. The van der Waals surface area contributed by atoms with Gasteiger partial charge in [0, 0.05) is 12.6 Å². The van der Waals surface area contributed by atoms with Gasteiger partial charge in [-0.2, -0.15) is 0 Å². The number of amides is 1. The molecule has 0 bridgehead atoms. The molecule has 0 aliphatic carbocycles. The van der Waals surface area contributed by atoms with E-state index in [-0.39, 0.29) is 27.7 Å². The lowest BCUT2D eigenvalue weighted by molar-refractivity contribution is -0.139. The van der Waals surface area contributed by atoms with Crippen molar-refractivity contribution in [2.45, 2.75) is 39.2 Å². The van der Waals surface area contributed by atoms with Crippen LogP contribution in [0, 0.1) is 0 Å². The van der Waals surface area contributed by atoms with Gasteiger partial charge in [-0.25, -0.2) is 0 Å². The summed E-state index contributed by atoms with van der Waals surface area (Å²) in [4.78, 5) is 27.5. The first-order valence-electron chi connectivity index (χ1n) is 10.5. The molecule has 32 heavy (non-hydrogen) atoms. The zero-order valence-electron chi connectivity index (χ0n) is 18.9. The number of carbonyl (C=O) groups is 2. The highest BCUT2D eigenvalue weighted by atomic mass is 35.5. The number of ether oxygens (including phenoxy) is 2. The van der Waals surface area contributed by atoms with Gasteiger partial charge in [0.05, 0.1) is 36.4 Å². The first kappa shape index (κ1) is 23.7. The summed E-state index contributed by atoms with van der Waals surface area (Å²) in [7, 11) is 2.91. The molecule has 170 valence electrons. The van der Waals surface area contributed by atoms with Crippen molar-refractivity contribution in [3.05, 3.63) is 63.7 Å². The zero-order valence-corrected chi connectivity index (χ0v) is 19.7. The van der Waals surface area contributed by atoms with Crippen molar-refractivity contribution in [1.29, 1.82) is 0 Å². The zero-order chi connectivity index (χ0) is 23.6. The van der Waals surface area contributed by atoms with Gasteiger partial charge >= 0.3 is 0 Å². The van der Waals surface area contributed by atoms with Gasteiger partial charge < -0.3 is 19.5 Å². The number of likely N-dealkylation sites (tertiary alicyclic amines) is 1. The maximum absolute atomic E-state index is 13.1. The molecule has 1 amide bonds. The lowest BCUT2D eigenvalue weighted by Crippen LogP contribution is -2.30. The van der Waals surface area contributed by atoms with Crippen LogP contribution in [0.4, 0.5) is 0 Å². The Kier molecular flexibility index (Phi) is 7.14. The molecule has 2 aromatic carbocycles. The van der Waals surface area contributed by atoms with Gasteiger partial charge in [0.25, 0.3) is 11.7 Å². The average molecular weight is 458 g/mol. The molecule has 0 saturated carbocycles. The number of halogens is 1. The van der Waals surface area contributed by atoms with Crippen LogP contribution in [0.25, 0.3) is 5.76 Å². The third kappa shape index (κ3) is 4.19. The molecule has 1 aliphatic heterocycles. The van der Waals surface area contributed by atoms with Crippen LogP contribution < -0.4 is 9.47 Å². The summed E-state index contributed by atoms with van der Waals surface area (Å²) >= 11 is 6.28. The number of hydrogen-bond donors (Lipinski definition) is 1. The minimum absolute atomic E-state index is 0.0141. The Hall–Kier alpha value is -2.99. The van der Waals surface area contributed by atoms with Gasteiger partial charge in [0.1, 0.15) is 17.3 Å². The number of aliphatic hydroxyl groups is 1. The van der Waals surface area contributed by atoms with E-state index >= 15 is 0 Å². The van der Waals surface area contributed by atoms with E-state index in [0.29, 0.717) is 24.6 Å². The van der Waals surface area contributed by atoms with Gasteiger partial charge in [0.15, 0.2) is 0 Å². The molecule has 1 atom stereocenters. The highest BCUT2D eigenvalue weighted by Crippen LogP contribution is 2.43. The Bertz CT molecular complexity index is 1060. The first-order valence-corrected chi connectivity index (χ1v) is 10.9. The minimum atomic E-state index is -0.733. The van der Waals surface area contributed by atoms with E-state index in [1.807, 2.05) is 31.2 Å². The van der Waals surface area contributed by atoms with Crippen molar-refractivity contribution in [3.8, 4) is 11.5 Å². The Morgan fingerprint density at radius 3 is 2.25 bits per heavy atom. The molecule has 7 heteroatoms. The second kappa shape index (κ2) is 9.65. The summed E-state index contributed by atoms with van der Waals surface area (Å²) in [6, 6.07) is 10.1. The van der Waals surface area contributed by atoms with Crippen molar-refractivity contribution >= 4 is 29.1 Å². The van der Waals surface area contributed by atoms with E-state index < -0.39 is 17.7 Å². The lowest BCUT2D eigenvalue weighted by atomic mass is 9.93. The molecule has 0 aromatic heterocycles. The minimum Gasteiger partial charge on any atom is -0.507 e. The molecule has 6 nitrogen and oxygen atoms in total. The second-order valence-corrected chi connectivity index (χ2v) is 8.41. The van der Waals surface area contributed by atoms with Crippen molar-refractivity contribution in [1.82, 2.24) is 4.90 Å². The van der Waals surface area contributed by atoms with Crippen LogP contribution in [-0.4, -0.2) is 42.5 Å². The number of methoxy groups -OCH3 is 2. The molecule has 1 N–H and O–H groups in total. The topological polar surface area (TPSA) is 76.1 Å². The Balaban J connectivity index is 2.23. The van der Waals surface area contributed by atoms with Crippen LogP contribution in [0.5, 0.6) is 11.5 Å². The molecular formula is C25H28ClNO5.